The largest absolute Gasteiger partial charge is 0.504 e. The van der Waals surface area contributed by atoms with Gasteiger partial charge in [-0.25, -0.2) is 8.42 Å². The second kappa shape index (κ2) is 8.20. The molecule has 3 N–H and O–H groups in total. The number of rotatable bonds is 6. The molecule has 0 radical (unpaired) electrons. The first kappa shape index (κ1) is 20.2. The van der Waals surface area contributed by atoms with Crippen molar-refractivity contribution in [2.24, 2.45) is 0 Å². The van der Waals surface area contributed by atoms with E-state index >= 15 is 0 Å². The van der Waals surface area contributed by atoms with Crippen LogP contribution in [0.1, 0.15) is 21.5 Å². The number of allylic oxidation sites excluding steroid dienone is 1. The summed E-state index contributed by atoms with van der Waals surface area (Å²) in [7, 11) is -4.02. The molecule has 29 heavy (non-hydrogen) atoms. The van der Waals surface area contributed by atoms with Crippen LogP contribution in [0, 0.1) is 6.92 Å². The minimum atomic E-state index is -4.02. The molecule has 148 valence electrons. The van der Waals surface area contributed by atoms with Crippen LogP contribution in [0.3, 0.4) is 0 Å². The van der Waals surface area contributed by atoms with Crippen molar-refractivity contribution in [1.82, 2.24) is 0 Å². The summed E-state index contributed by atoms with van der Waals surface area (Å²) in [5, 5.41) is 20.0. The van der Waals surface area contributed by atoms with Crippen molar-refractivity contribution in [3.05, 3.63) is 89.5 Å². The molecule has 0 aliphatic heterocycles. The summed E-state index contributed by atoms with van der Waals surface area (Å²) < 4.78 is 27.7. The third-order valence-electron chi connectivity index (χ3n) is 4.23. The molecule has 6 nitrogen and oxygen atoms in total. The molecule has 0 aliphatic rings. The lowest BCUT2D eigenvalue weighted by Gasteiger charge is -2.13. The summed E-state index contributed by atoms with van der Waals surface area (Å²) in [5.74, 6) is -1.40. The molecule has 0 aliphatic carbocycles. The highest BCUT2D eigenvalue weighted by Crippen LogP contribution is 2.38. The fourth-order valence-electron chi connectivity index (χ4n) is 2.62. The highest BCUT2D eigenvalue weighted by Gasteiger charge is 2.20. The number of hydrogen-bond donors (Lipinski definition) is 3. The number of nitrogens with one attached hydrogen (secondary N) is 1. The Labute approximate surface area is 168 Å². The molecule has 0 aromatic heterocycles. The van der Waals surface area contributed by atoms with Crippen LogP contribution < -0.4 is 4.72 Å². The second-order valence-electron chi connectivity index (χ2n) is 6.38. The third kappa shape index (κ3) is 4.64. The lowest BCUT2D eigenvalue weighted by molar-refractivity contribution is 0.104. The van der Waals surface area contributed by atoms with Gasteiger partial charge in [-0.05, 0) is 43.3 Å². The fraction of sp³-hybridized carbons (Fsp3) is 0.0455. The van der Waals surface area contributed by atoms with Crippen molar-refractivity contribution in [3.8, 4) is 11.5 Å². The number of phenols is 2. The molecule has 0 spiro atoms. The number of aryl methyl sites for hydroxylation is 1. The monoisotopic (exact) mass is 409 g/mol. The molecular weight excluding hydrogens is 390 g/mol. The summed E-state index contributed by atoms with van der Waals surface area (Å²) in [6.07, 6.45) is 2.65. The SMILES string of the molecule is Cc1ccc(S(=O)(=O)Nc2c(C=CC(=O)c3ccccc3)ccc(O)c2O)cc1. The highest BCUT2D eigenvalue weighted by atomic mass is 32.2. The number of carbonyl (C=O) groups is 1. The number of sulfonamides is 1. The highest BCUT2D eigenvalue weighted by molar-refractivity contribution is 7.92. The molecule has 3 aromatic carbocycles. The molecule has 0 amide bonds. The lowest BCUT2D eigenvalue weighted by Crippen LogP contribution is -2.14. The summed E-state index contributed by atoms with van der Waals surface area (Å²) in [6.45, 7) is 1.83. The predicted molar refractivity (Wildman–Crippen MR) is 112 cm³/mol. The van der Waals surface area contributed by atoms with E-state index in [1.54, 1.807) is 42.5 Å². The van der Waals surface area contributed by atoms with Crippen LogP contribution in [0.4, 0.5) is 5.69 Å². The van der Waals surface area contributed by atoms with Gasteiger partial charge in [-0.1, -0.05) is 48.0 Å². The zero-order valence-electron chi connectivity index (χ0n) is 15.5. The van der Waals surface area contributed by atoms with E-state index in [0.29, 0.717) is 5.56 Å². The number of anilines is 1. The number of ketones is 1. The van der Waals surface area contributed by atoms with Gasteiger partial charge in [0.15, 0.2) is 17.3 Å². The van der Waals surface area contributed by atoms with Gasteiger partial charge in [-0.15, -0.1) is 0 Å². The fourth-order valence-corrected chi connectivity index (χ4v) is 3.71. The van der Waals surface area contributed by atoms with E-state index in [1.807, 2.05) is 6.92 Å². The minimum Gasteiger partial charge on any atom is -0.504 e. The van der Waals surface area contributed by atoms with Gasteiger partial charge in [0.2, 0.25) is 0 Å². The minimum absolute atomic E-state index is 0.00105. The smallest absolute Gasteiger partial charge is 0.262 e. The van der Waals surface area contributed by atoms with Crippen molar-refractivity contribution < 1.29 is 23.4 Å². The molecular formula is C22H19NO5S. The van der Waals surface area contributed by atoms with Gasteiger partial charge in [0.25, 0.3) is 10.0 Å². The molecule has 3 rings (SSSR count). The lowest BCUT2D eigenvalue weighted by atomic mass is 10.1. The number of phenolic OH excluding ortho intramolecular Hbond substituents is 2. The third-order valence-corrected chi connectivity index (χ3v) is 5.59. The van der Waals surface area contributed by atoms with Crippen molar-refractivity contribution in [2.75, 3.05) is 4.72 Å². The summed E-state index contributed by atoms with van der Waals surface area (Å²) >= 11 is 0. The van der Waals surface area contributed by atoms with E-state index in [1.165, 1.54) is 36.4 Å². The van der Waals surface area contributed by atoms with Gasteiger partial charge in [-0.3, -0.25) is 9.52 Å². The number of benzene rings is 3. The molecule has 3 aromatic rings. The van der Waals surface area contributed by atoms with Crippen LogP contribution in [0.5, 0.6) is 11.5 Å². The van der Waals surface area contributed by atoms with Crippen molar-refractivity contribution in [1.29, 1.82) is 0 Å². The van der Waals surface area contributed by atoms with E-state index in [-0.39, 0.29) is 21.9 Å². The molecule has 0 fully saturated rings. The number of carbonyl (C=O) groups excluding carboxylic acids is 1. The number of hydrogen-bond acceptors (Lipinski definition) is 5. The van der Waals surface area contributed by atoms with Gasteiger partial charge in [0, 0.05) is 11.1 Å². The normalized spacial score (nSPS) is 11.5. The van der Waals surface area contributed by atoms with Crippen molar-refractivity contribution in [2.45, 2.75) is 11.8 Å². The van der Waals surface area contributed by atoms with Crippen LogP contribution in [-0.4, -0.2) is 24.4 Å². The summed E-state index contributed by atoms with van der Waals surface area (Å²) in [4.78, 5) is 12.3. The first-order chi connectivity index (χ1) is 13.8. The molecule has 7 heteroatoms. The van der Waals surface area contributed by atoms with Crippen molar-refractivity contribution >= 4 is 27.6 Å². The Kier molecular flexibility index (Phi) is 5.70. The van der Waals surface area contributed by atoms with Gasteiger partial charge in [0.05, 0.1) is 4.90 Å². The van der Waals surface area contributed by atoms with Crippen LogP contribution in [0.2, 0.25) is 0 Å². The van der Waals surface area contributed by atoms with Gasteiger partial charge in [-0.2, -0.15) is 0 Å². The quantitative estimate of drug-likeness (QED) is 0.323. The first-order valence-electron chi connectivity index (χ1n) is 8.70. The standard InChI is InChI=1S/C22H19NO5S/c1-15-7-11-18(12-8-15)29(27,28)23-21-17(10-14-20(25)22(21)26)9-13-19(24)16-5-3-2-4-6-16/h2-14,23,25-26H,1H3. The molecule has 0 unspecified atom stereocenters. The Morgan fingerprint density at radius 2 is 1.59 bits per heavy atom. The molecule has 0 saturated carbocycles. The Balaban J connectivity index is 1.96. The average molecular weight is 409 g/mol. The maximum absolute atomic E-state index is 12.7. The van der Waals surface area contributed by atoms with Gasteiger partial charge < -0.3 is 10.2 Å². The Morgan fingerprint density at radius 1 is 0.931 bits per heavy atom. The molecule has 0 bridgehead atoms. The van der Waals surface area contributed by atoms with Gasteiger partial charge >= 0.3 is 0 Å². The average Bonchev–Trinajstić information content (AvgIpc) is 2.71. The van der Waals surface area contributed by atoms with Crippen LogP contribution >= 0.6 is 0 Å². The topological polar surface area (TPSA) is 104 Å². The Hall–Kier alpha value is -3.58. The molecule has 0 atom stereocenters. The van der Waals surface area contributed by atoms with E-state index in [9.17, 15) is 23.4 Å². The predicted octanol–water partition coefficient (Wildman–Crippen LogP) is 4.10. The molecule has 0 saturated heterocycles. The van der Waals surface area contributed by atoms with Crippen LogP contribution in [0.15, 0.2) is 77.7 Å². The van der Waals surface area contributed by atoms with E-state index < -0.39 is 21.5 Å². The zero-order valence-corrected chi connectivity index (χ0v) is 16.3. The second-order valence-corrected chi connectivity index (χ2v) is 8.06. The Bertz CT molecular complexity index is 1170. The van der Waals surface area contributed by atoms with E-state index in [0.717, 1.165) is 5.56 Å². The maximum atomic E-state index is 12.7. The first-order valence-corrected chi connectivity index (χ1v) is 10.2. The van der Waals surface area contributed by atoms with Crippen molar-refractivity contribution in [3.63, 3.8) is 0 Å². The van der Waals surface area contributed by atoms with Crippen LogP contribution in [0.25, 0.3) is 6.08 Å². The summed E-state index contributed by atoms with van der Waals surface area (Å²) in [6, 6.07) is 17.3. The number of aromatic hydroxyl groups is 2. The van der Waals surface area contributed by atoms with E-state index in [4.69, 9.17) is 0 Å². The van der Waals surface area contributed by atoms with Gasteiger partial charge in [0.1, 0.15) is 5.69 Å². The van der Waals surface area contributed by atoms with E-state index in [2.05, 4.69) is 4.72 Å². The maximum Gasteiger partial charge on any atom is 0.262 e. The zero-order chi connectivity index (χ0) is 21.0. The Morgan fingerprint density at radius 3 is 2.24 bits per heavy atom. The summed E-state index contributed by atoms with van der Waals surface area (Å²) in [5.41, 5.74) is 1.36. The molecule has 0 heterocycles. The van der Waals surface area contributed by atoms with Crippen LogP contribution in [-0.2, 0) is 10.0 Å².